The van der Waals surface area contributed by atoms with Crippen molar-refractivity contribution in [3.05, 3.63) is 34.3 Å². The number of nitrogens with one attached hydrogen (secondary N) is 1. The van der Waals surface area contributed by atoms with E-state index in [1.807, 2.05) is 18.2 Å². The SMILES string of the molecule is N#CC1CCCC(c2ccccc2Br)N1. The van der Waals surface area contributed by atoms with Crippen molar-refractivity contribution < 1.29 is 0 Å². The molecule has 1 aromatic carbocycles. The lowest BCUT2D eigenvalue weighted by Crippen LogP contribution is -2.35. The Morgan fingerprint density at radius 3 is 2.87 bits per heavy atom. The third kappa shape index (κ3) is 2.39. The van der Waals surface area contributed by atoms with E-state index in [1.165, 1.54) is 5.56 Å². The molecule has 1 saturated heterocycles. The monoisotopic (exact) mass is 264 g/mol. The molecule has 0 amide bonds. The fourth-order valence-corrected chi connectivity index (χ4v) is 2.60. The highest BCUT2D eigenvalue weighted by Gasteiger charge is 2.22. The maximum Gasteiger partial charge on any atom is 0.0957 e. The Kier molecular flexibility index (Phi) is 3.40. The highest BCUT2D eigenvalue weighted by atomic mass is 79.9. The molecule has 0 spiro atoms. The highest BCUT2D eigenvalue weighted by molar-refractivity contribution is 9.10. The van der Waals surface area contributed by atoms with E-state index in [9.17, 15) is 0 Å². The first-order valence-electron chi connectivity index (χ1n) is 5.21. The van der Waals surface area contributed by atoms with Crippen LogP contribution in [0.25, 0.3) is 0 Å². The van der Waals surface area contributed by atoms with Crippen molar-refractivity contribution >= 4 is 15.9 Å². The first-order chi connectivity index (χ1) is 7.31. The summed E-state index contributed by atoms with van der Waals surface area (Å²) in [6.45, 7) is 0. The van der Waals surface area contributed by atoms with Gasteiger partial charge in [0, 0.05) is 10.5 Å². The third-order valence-electron chi connectivity index (χ3n) is 2.82. The number of rotatable bonds is 1. The van der Waals surface area contributed by atoms with Gasteiger partial charge in [0.1, 0.15) is 0 Å². The van der Waals surface area contributed by atoms with Crippen LogP contribution in [0.4, 0.5) is 0 Å². The van der Waals surface area contributed by atoms with Crippen LogP contribution in [-0.4, -0.2) is 6.04 Å². The second-order valence-corrected chi connectivity index (χ2v) is 4.71. The van der Waals surface area contributed by atoms with Gasteiger partial charge >= 0.3 is 0 Å². The number of nitriles is 1. The van der Waals surface area contributed by atoms with Gasteiger partial charge in [0.05, 0.1) is 12.1 Å². The van der Waals surface area contributed by atoms with Crippen molar-refractivity contribution in [3.63, 3.8) is 0 Å². The van der Waals surface area contributed by atoms with Crippen LogP contribution in [0.3, 0.4) is 0 Å². The van der Waals surface area contributed by atoms with Gasteiger partial charge in [0.25, 0.3) is 0 Å². The molecule has 2 unspecified atom stereocenters. The van der Waals surface area contributed by atoms with Crippen molar-refractivity contribution in [2.24, 2.45) is 0 Å². The average molecular weight is 265 g/mol. The summed E-state index contributed by atoms with van der Waals surface area (Å²) in [5.41, 5.74) is 1.26. The average Bonchev–Trinajstić information content (AvgIpc) is 2.30. The summed E-state index contributed by atoms with van der Waals surface area (Å²) in [6.07, 6.45) is 3.20. The molecule has 1 fully saturated rings. The number of halogens is 1. The van der Waals surface area contributed by atoms with Crippen molar-refractivity contribution in [3.8, 4) is 6.07 Å². The molecule has 1 N–H and O–H groups in total. The van der Waals surface area contributed by atoms with Crippen molar-refractivity contribution in [1.29, 1.82) is 5.26 Å². The molecule has 78 valence electrons. The van der Waals surface area contributed by atoms with Gasteiger partial charge in [0.15, 0.2) is 0 Å². The molecule has 1 aliphatic heterocycles. The lowest BCUT2D eigenvalue weighted by atomic mass is 9.94. The molecular weight excluding hydrogens is 252 g/mol. The van der Waals surface area contributed by atoms with Crippen LogP contribution < -0.4 is 5.32 Å². The second-order valence-electron chi connectivity index (χ2n) is 3.85. The molecule has 2 atom stereocenters. The molecule has 2 nitrogen and oxygen atoms in total. The van der Waals surface area contributed by atoms with Gasteiger partial charge < -0.3 is 0 Å². The van der Waals surface area contributed by atoms with Gasteiger partial charge in [-0.3, -0.25) is 5.32 Å². The summed E-state index contributed by atoms with van der Waals surface area (Å²) in [6, 6.07) is 10.8. The Morgan fingerprint density at radius 2 is 2.13 bits per heavy atom. The van der Waals surface area contributed by atoms with Crippen LogP contribution in [0.1, 0.15) is 30.9 Å². The number of piperidine rings is 1. The van der Waals surface area contributed by atoms with Gasteiger partial charge in [-0.15, -0.1) is 0 Å². The van der Waals surface area contributed by atoms with E-state index >= 15 is 0 Å². The highest BCUT2D eigenvalue weighted by Crippen LogP contribution is 2.30. The van der Waals surface area contributed by atoms with Gasteiger partial charge in [-0.1, -0.05) is 34.1 Å². The summed E-state index contributed by atoms with van der Waals surface area (Å²) >= 11 is 3.55. The normalized spacial score (nSPS) is 25.9. The summed E-state index contributed by atoms with van der Waals surface area (Å²) in [4.78, 5) is 0. The molecule has 3 heteroatoms. The summed E-state index contributed by atoms with van der Waals surface area (Å²) in [5.74, 6) is 0. The Bertz CT molecular complexity index is 383. The van der Waals surface area contributed by atoms with Crippen LogP contribution in [0.5, 0.6) is 0 Å². The van der Waals surface area contributed by atoms with E-state index in [4.69, 9.17) is 5.26 Å². The zero-order valence-corrected chi connectivity index (χ0v) is 10.00. The lowest BCUT2D eigenvalue weighted by molar-refractivity contribution is 0.367. The molecule has 0 aromatic heterocycles. The maximum absolute atomic E-state index is 8.90. The Morgan fingerprint density at radius 1 is 1.33 bits per heavy atom. The molecule has 1 heterocycles. The zero-order valence-electron chi connectivity index (χ0n) is 8.41. The van der Waals surface area contributed by atoms with Crippen LogP contribution >= 0.6 is 15.9 Å². The maximum atomic E-state index is 8.90. The Hall–Kier alpha value is -0.850. The zero-order chi connectivity index (χ0) is 10.7. The smallest absolute Gasteiger partial charge is 0.0957 e. The second kappa shape index (κ2) is 4.78. The molecular formula is C12H13BrN2. The molecule has 1 aromatic rings. The van der Waals surface area contributed by atoms with Gasteiger partial charge in [-0.25, -0.2) is 0 Å². The minimum absolute atomic E-state index is 0.0101. The fraction of sp³-hybridized carbons (Fsp3) is 0.417. The Balaban J connectivity index is 2.18. The minimum atomic E-state index is 0.0101. The molecule has 1 aliphatic rings. The first kappa shape index (κ1) is 10.7. The van der Waals surface area contributed by atoms with Crippen LogP contribution in [0, 0.1) is 11.3 Å². The molecule has 0 bridgehead atoms. The third-order valence-corrected chi connectivity index (χ3v) is 3.55. The summed E-state index contributed by atoms with van der Waals surface area (Å²) < 4.78 is 1.13. The fourth-order valence-electron chi connectivity index (χ4n) is 2.04. The van der Waals surface area contributed by atoms with Crippen LogP contribution in [-0.2, 0) is 0 Å². The number of benzene rings is 1. The largest absolute Gasteiger partial charge is 0.295 e. The lowest BCUT2D eigenvalue weighted by Gasteiger charge is -2.28. The van der Waals surface area contributed by atoms with Gasteiger partial charge in [-0.2, -0.15) is 5.26 Å². The van der Waals surface area contributed by atoms with Gasteiger partial charge in [0.2, 0.25) is 0 Å². The Labute approximate surface area is 98.4 Å². The predicted molar refractivity (Wildman–Crippen MR) is 63.3 cm³/mol. The molecule has 0 radical (unpaired) electrons. The summed E-state index contributed by atoms with van der Waals surface area (Å²) in [7, 11) is 0. The molecule has 15 heavy (non-hydrogen) atoms. The van der Waals surface area contributed by atoms with Gasteiger partial charge in [-0.05, 0) is 30.9 Å². The van der Waals surface area contributed by atoms with Crippen molar-refractivity contribution in [2.45, 2.75) is 31.3 Å². The number of hydrogen-bond acceptors (Lipinski definition) is 2. The molecule has 2 rings (SSSR count). The van der Waals surface area contributed by atoms with Crippen LogP contribution in [0.2, 0.25) is 0 Å². The predicted octanol–water partition coefficient (Wildman–Crippen LogP) is 3.16. The standard InChI is InChI=1S/C12H13BrN2/c13-11-6-2-1-5-10(11)12-7-3-4-9(8-14)15-12/h1-2,5-6,9,12,15H,3-4,7H2. The van der Waals surface area contributed by atoms with E-state index in [0.29, 0.717) is 6.04 Å². The van der Waals surface area contributed by atoms with Crippen molar-refractivity contribution in [2.75, 3.05) is 0 Å². The minimum Gasteiger partial charge on any atom is -0.295 e. The topological polar surface area (TPSA) is 35.8 Å². The number of nitrogens with zero attached hydrogens (tertiary/aromatic N) is 1. The van der Waals surface area contributed by atoms with E-state index in [-0.39, 0.29) is 6.04 Å². The van der Waals surface area contributed by atoms with Crippen molar-refractivity contribution in [1.82, 2.24) is 5.32 Å². The first-order valence-corrected chi connectivity index (χ1v) is 6.00. The number of hydrogen-bond donors (Lipinski definition) is 1. The molecule has 0 saturated carbocycles. The van der Waals surface area contributed by atoms with E-state index in [0.717, 1.165) is 23.7 Å². The van der Waals surface area contributed by atoms with E-state index in [1.54, 1.807) is 0 Å². The molecule has 0 aliphatic carbocycles. The summed E-state index contributed by atoms with van der Waals surface area (Å²) in [5, 5.41) is 12.3. The van der Waals surface area contributed by atoms with E-state index in [2.05, 4.69) is 33.4 Å². The van der Waals surface area contributed by atoms with Crippen LogP contribution in [0.15, 0.2) is 28.7 Å². The van der Waals surface area contributed by atoms with E-state index < -0.39 is 0 Å². The quantitative estimate of drug-likeness (QED) is 0.846.